The van der Waals surface area contributed by atoms with Crippen molar-refractivity contribution < 1.29 is 29.2 Å². The summed E-state index contributed by atoms with van der Waals surface area (Å²) in [6, 6.07) is 27.6. The van der Waals surface area contributed by atoms with Gasteiger partial charge in [0.1, 0.15) is 11.9 Å². The first-order valence-electron chi connectivity index (χ1n) is 20.9. The number of thiophene rings is 1. The average molecular weight is 897 g/mol. The lowest BCUT2D eigenvalue weighted by molar-refractivity contribution is -0.348. The van der Waals surface area contributed by atoms with Crippen molar-refractivity contribution in [3.05, 3.63) is 123 Å². The minimum atomic E-state index is -0.281. The molecule has 7 N–H and O–H groups in total. The number of piperazine rings is 1. The normalized spacial score (nSPS) is 16.9. The minimum Gasteiger partial charge on any atom is -0.453 e. The van der Waals surface area contributed by atoms with Gasteiger partial charge in [-0.05, 0) is 96.8 Å². The Bertz CT molecular complexity index is 2480. The molecule has 1 unspecified atom stereocenters. The number of aromatic amines is 2. The third-order valence-corrected chi connectivity index (χ3v) is 13.7. The number of nitrogen functional groups attached to an aromatic ring is 1. The SMILES string of the molecule is CO.Nc1cc(SNC(=O)c2ccc(N3CCN(CC4Cc5ccccc5CN4C(=O)c4ccc(Cl)s4)CC3)cc2Oc2c[nH+]c3[nH]ccc3c2)ccc1NCC1CCOCC1. The number of amides is 2. The van der Waals surface area contributed by atoms with Crippen molar-refractivity contribution in [1.29, 1.82) is 0 Å². The third-order valence-electron chi connectivity index (χ3n) is 11.7. The number of aliphatic hydroxyl groups excluding tert-OH is 1. The number of halogens is 1. The summed E-state index contributed by atoms with van der Waals surface area (Å²) in [5, 5.41) is 11.4. The highest BCUT2D eigenvalue weighted by Crippen LogP contribution is 2.34. The molecular weight excluding hydrogens is 844 g/mol. The lowest BCUT2D eigenvalue weighted by Gasteiger charge is -2.42. The molecule has 1 atom stereocenters. The molecule has 3 aromatic heterocycles. The van der Waals surface area contributed by atoms with Gasteiger partial charge in [-0.1, -0.05) is 35.9 Å². The van der Waals surface area contributed by atoms with Crippen LogP contribution in [0, 0.1) is 5.92 Å². The number of rotatable bonds is 12. The topological polar surface area (TPSA) is 163 Å². The Kier molecular flexibility index (Phi) is 14.2. The van der Waals surface area contributed by atoms with E-state index >= 15 is 0 Å². The number of aliphatic hydroxyl groups is 1. The highest BCUT2D eigenvalue weighted by atomic mass is 35.5. The summed E-state index contributed by atoms with van der Waals surface area (Å²) in [5.41, 5.74) is 12.7. The van der Waals surface area contributed by atoms with Gasteiger partial charge in [0.25, 0.3) is 17.5 Å². The van der Waals surface area contributed by atoms with E-state index in [1.807, 2.05) is 71.8 Å². The molecule has 0 saturated carbocycles. The molecule has 2 amide bonds. The summed E-state index contributed by atoms with van der Waals surface area (Å²) in [6.45, 7) is 7.03. The molecule has 2 fully saturated rings. The highest BCUT2D eigenvalue weighted by Gasteiger charge is 2.33. The van der Waals surface area contributed by atoms with Crippen LogP contribution in [-0.2, 0) is 17.7 Å². The van der Waals surface area contributed by atoms with Crippen LogP contribution >= 0.6 is 34.9 Å². The van der Waals surface area contributed by atoms with Crippen molar-refractivity contribution >= 4 is 74.8 Å². The number of nitrogens with two attached hydrogens (primary N) is 1. The van der Waals surface area contributed by atoms with Crippen LogP contribution in [0.25, 0.3) is 11.0 Å². The van der Waals surface area contributed by atoms with Crippen LogP contribution in [0.4, 0.5) is 17.1 Å². The summed E-state index contributed by atoms with van der Waals surface area (Å²) in [6.07, 6.45) is 6.55. The van der Waals surface area contributed by atoms with Gasteiger partial charge in [-0.25, -0.2) is 9.97 Å². The van der Waals surface area contributed by atoms with Crippen LogP contribution < -0.4 is 30.4 Å². The van der Waals surface area contributed by atoms with Crippen molar-refractivity contribution in [2.45, 2.75) is 36.7 Å². The van der Waals surface area contributed by atoms with Crippen molar-refractivity contribution in [2.75, 3.05) is 75.5 Å². The number of hydrogen-bond acceptors (Lipinski definition) is 11. The lowest BCUT2D eigenvalue weighted by atomic mass is 9.93. The number of nitrogens with zero attached hydrogens (tertiary/aromatic N) is 3. The van der Waals surface area contributed by atoms with Crippen LogP contribution in [0.5, 0.6) is 11.5 Å². The molecule has 6 aromatic rings. The molecule has 16 heteroatoms. The van der Waals surface area contributed by atoms with Gasteiger partial charge >= 0.3 is 0 Å². The van der Waals surface area contributed by atoms with Crippen molar-refractivity contribution in [2.24, 2.45) is 5.92 Å². The molecule has 9 rings (SSSR count). The molecule has 0 radical (unpaired) electrons. The van der Waals surface area contributed by atoms with E-state index in [-0.39, 0.29) is 17.9 Å². The zero-order valence-electron chi connectivity index (χ0n) is 34.6. The number of carbonyl (C=O) groups is 2. The molecule has 6 heterocycles. The molecule has 0 bridgehead atoms. The Labute approximate surface area is 374 Å². The summed E-state index contributed by atoms with van der Waals surface area (Å²) in [5.74, 6) is 1.35. The molecule has 62 heavy (non-hydrogen) atoms. The van der Waals surface area contributed by atoms with E-state index < -0.39 is 0 Å². The van der Waals surface area contributed by atoms with E-state index in [9.17, 15) is 9.59 Å². The molecule has 2 saturated heterocycles. The van der Waals surface area contributed by atoms with Gasteiger partial charge < -0.3 is 35.4 Å². The molecule has 0 aliphatic carbocycles. The van der Waals surface area contributed by atoms with Gasteiger partial charge in [0.2, 0.25) is 0 Å². The molecule has 13 nitrogen and oxygen atoms in total. The molecule has 324 valence electrons. The fourth-order valence-electron chi connectivity index (χ4n) is 8.31. The fraction of sp³-hybridized carbons (Fsp3) is 0.326. The first-order chi connectivity index (χ1) is 30.3. The standard InChI is InChI=1S/C45H47ClN8O4S2.CH4O/c46-42-10-9-41(59-42)45(56)54-27-32-4-2-1-3-30(32)21-34(54)28-52-15-17-53(18-16-52)33-5-7-37(40(23-33)58-35-22-31-11-14-48-43(31)50-26-35)44(55)51-60-36-6-8-39(38(47)24-36)49-25-29-12-19-57-20-13-29;1-2/h1-11,14,22-24,26,29,34,49H,12-13,15-21,25,27-28,47H2,(H,48,50)(H,51,55);2H,1H3/p+1. The van der Waals surface area contributed by atoms with Gasteiger partial charge in [-0.3, -0.25) is 19.2 Å². The number of anilines is 3. The molecule has 3 aromatic carbocycles. The number of ether oxygens (including phenoxy) is 2. The van der Waals surface area contributed by atoms with Gasteiger partial charge in [0.05, 0.1) is 37.7 Å². The van der Waals surface area contributed by atoms with Crippen LogP contribution in [0.2, 0.25) is 4.34 Å². The van der Waals surface area contributed by atoms with E-state index in [0.29, 0.717) is 44.4 Å². The molecule has 0 spiro atoms. The van der Waals surface area contributed by atoms with E-state index in [2.05, 4.69) is 48.0 Å². The predicted molar refractivity (Wildman–Crippen MR) is 248 cm³/mol. The fourth-order valence-corrected chi connectivity index (χ4v) is 9.95. The minimum absolute atomic E-state index is 0.0317. The Morgan fingerprint density at radius 1 is 1.00 bits per heavy atom. The van der Waals surface area contributed by atoms with Crippen LogP contribution in [0.1, 0.15) is 44.0 Å². The van der Waals surface area contributed by atoms with Crippen LogP contribution in [-0.4, -0.2) is 97.3 Å². The summed E-state index contributed by atoms with van der Waals surface area (Å²) in [4.78, 5) is 42.4. The third kappa shape index (κ3) is 10.3. The number of pyridine rings is 1. The predicted octanol–water partition coefficient (Wildman–Crippen LogP) is 7.34. The number of carbonyl (C=O) groups excluding carboxylic acids is 2. The summed E-state index contributed by atoms with van der Waals surface area (Å²) < 4.78 is 15.6. The quantitative estimate of drug-likeness (QED) is 0.0621. The first kappa shape index (κ1) is 43.4. The second-order valence-electron chi connectivity index (χ2n) is 15.6. The zero-order valence-corrected chi connectivity index (χ0v) is 37.0. The maximum Gasteiger partial charge on any atom is 0.284 e. The maximum atomic E-state index is 13.9. The Morgan fingerprint density at radius 2 is 1.81 bits per heavy atom. The molecular formula is C46H52ClN8O5S2+. The van der Waals surface area contributed by atoms with Gasteiger partial charge in [-0.15, -0.1) is 11.3 Å². The zero-order chi connectivity index (χ0) is 43.0. The maximum absolute atomic E-state index is 13.9. The van der Waals surface area contributed by atoms with Gasteiger partial charge in [0, 0.05) is 94.9 Å². The van der Waals surface area contributed by atoms with E-state index in [4.69, 9.17) is 31.9 Å². The van der Waals surface area contributed by atoms with Gasteiger partial charge in [0.15, 0.2) is 5.75 Å². The summed E-state index contributed by atoms with van der Waals surface area (Å²) in [7, 11) is 1.00. The van der Waals surface area contributed by atoms with E-state index in [1.54, 1.807) is 12.3 Å². The summed E-state index contributed by atoms with van der Waals surface area (Å²) >= 11 is 8.79. The molecule has 3 aliphatic heterocycles. The number of H-pyrrole nitrogens is 2. The van der Waals surface area contributed by atoms with E-state index in [0.717, 1.165) is 106 Å². The number of nitrogens with one attached hydrogen (secondary N) is 4. The Morgan fingerprint density at radius 3 is 2.58 bits per heavy atom. The number of hydrogen-bond donors (Lipinski definition) is 5. The Balaban J connectivity index is 0.00000261. The van der Waals surface area contributed by atoms with Crippen molar-refractivity contribution in [1.82, 2.24) is 19.5 Å². The highest BCUT2D eigenvalue weighted by molar-refractivity contribution is 7.98. The number of benzene rings is 3. The van der Waals surface area contributed by atoms with Crippen LogP contribution in [0.15, 0.2) is 102 Å². The Hall–Kier alpha value is -5.29. The van der Waals surface area contributed by atoms with Gasteiger partial charge in [-0.2, -0.15) is 0 Å². The first-order valence-corrected chi connectivity index (χ1v) is 22.9. The van der Waals surface area contributed by atoms with Crippen LogP contribution in [0.3, 0.4) is 0 Å². The number of aromatic nitrogens is 2. The molecule has 3 aliphatic rings. The second-order valence-corrected chi connectivity index (χ2v) is 18.2. The number of fused-ring (bicyclic) bond motifs is 2. The van der Waals surface area contributed by atoms with Crippen molar-refractivity contribution in [3.63, 3.8) is 0 Å². The monoisotopic (exact) mass is 895 g/mol. The largest absolute Gasteiger partial charge is 0.453 e. The smallest absolute Gasteiger partial charge is 0.284 e. The van der Waals surface area contributed by atoms with Crippen molar-refractivity contribution in [3.8, 4) is 11.5 Å². The lowest BCUT2D eigenvalue weighted by Crippen LogP contribution is -2.54. The second kappa shape index (κ2) is 20.3. The average Bonchev–Trinajstić information content (AvgIpc) is 3.97. The van der Waals surface area contributed by atoms with E-state index in [1.165, 1.54) is 34.4 Å².